The molecule has 0 amide bonds. The zero-order valence-corrected chi connectivity index (χ0v) is 9.98. The zero-order chi connectivity index (χ0) is 11.5. The Morgan fingerprint density at radius 2 is 2.38 bits per heavy atom. The Kier molecular flexibility index (Phi) is 3.66. The van der Waals surface area contributed by atoms with E-state index in [0.29, 0.717) is 11.1 Å². The lowest BCUT2D eigenvalue weighted by Crippen LogP contribution is -2.23. The van der Waals surface area contributed by atoms with Crippen molar-refractivity contribution in [1.82, 2.24) is 5.32 Å². The minimum Gasteiger partial charge on any atom is -0.492 e. The Labute approximate surface area is 99.7 Å². The summed E-state index contributed by atoms with van der Waals surface area (Å²) in [6, 6.07) is 3.73. The highest BCUT2D eigenvalue weighted by Crippen LogP contribution is 2.29. The first-order valence-corrected chi connectivity index (χ1v) is 5.84. The molecule has 88 valence electrons. The first-order valence-electron chi connectivity index (χ1n) is 5.46. The molecule has 1 aliphatic rings. The molecule has 16 heavy (non-hydrogen) atoms. The number of halogens is 2. The van der Waals surface area contributed by atoms with E-state index < -0.39 is 0 Å². The molecule has 0 saturated carbocycles. The van der Waals surface area contributed by atoms with Crippen LogP contribution in [0.15, 0.2) is 12.1 Å². The van der Waals surface area contributed by atoms with Gasteiger partial charge in [0, 0.05) is 6.04 Å². The van der Waals surface area contributed by atoms with Gasteiger partial charge in [-0.2, -0.15) is 0 Å². The lowest BCUT2D eigenvalue weighted by molar-refractivity contribution is 0.386. The molecule has 1 unspecified atom stereocenters. The molecule has 2 nitrogen and oxygen atoms in total. The van der Waals surface area contributed by atoms with Gasteiger partial charge in [0.15, 0.2) is 11.6 Å². The highest BCUT2D eigenvalue weighted by Gasteiger charge is 2.16. The summed E-state index contributed by atoms with van der Waals surface area (Å²) in [5, 5.41) is 3.72. The maximum Gasteiger partial charge on any atom is 0.173 e. The van der Waals surface area contributed by atoms with E-state index in [1.807, 2.05) is 0 Å². The van der Waals surface area contributed by atoms with E-state index in [1.54, 1.807) is 6.07 Å². The van der Waals surface area contributed by atoms with Crippen molar-refractivity contribution in [2.75, 3.05) is 13.7 Å². The van der Waals surface area contributed by atoms with E-state index in [0.717, 1.165) is 24.9 Å². The predicted molar refractivity (Wildman–Crippen MR) is 62.7 cm³/mol. The normalized spacial score (nSPS) is 20.1. The lowest BCUT2D eigenvalue weighted by Gasteiger charge is -2.12. The Bertz CT molecular complexity index is 354. The van der Waals surface area contributed by atoms with Crippen molar-refractivity contribution in [3.63, 3.8) is 0 Å². The SMILES string of the molecule is COc1c(F)cc(CC2CCCN2)cc1Cl. The van der Waals surface area contributed by atoms with Gasteiger partial charge in [-0.1, -0.05) is 11.6 Å². The number of rotatable bonds is 3. The van der Waals surface area contributed by atoms with Crippen LogP contribution in [0.25, 0.3) is 0 Å². The highest BCUT2D eigenvalue weighted by molar-refractivity contribution is 6.32. The highest BCUT2D eigenvalue weighted by atomic mass is 35.5. The van der Waals surface area contributed by atoms with Gasteiger partial charge in [-0.3, -0.25) is 0 Å². The van der Waals surface area contributed by atoms with Crippen LogP contribution >= 0.6 is 11.6 Å². The van der Waals surface area contributed by atoms with Gasteiger partial charge in [-0.15, -0.1) is 0 Å². The molecule has 1 aromatic rings. The lowest BCUT2D eigenvalue weighted by atomic mass is 10.0. The fourth-order valence-corrected chi connectivity index (χ4v) is 2.45. The van der Waals surface area contributed by atoms with Gasteiger partial charge < -0.3 is 10.1 Å². The molecular weight excluding hydrogens is 229 g/mol. The van der Waals surface area contributed by atoms with Crippen molar-refractivity contribution >= 4 is 11.6 Å². The van der Waals surface area contributed by atoms with Crippen LogP contribution in [0.1, 0.15) is 18.4 Å². The maximum atomic E-state index is 13.6. The van der Waals surface area contributed by atoms with Crippen molar-refractivity contribution < 1.29 is 9.13 Å². The fourth-order valence-electron chi connectivity index (χ4n) is 2.14. The number of nitrogens with one attached hydrogen (secondary N) is 1. The van der Waals surface area contributed by atoms with Gasteiger partial charge in [0.05, 0.1) is 12.1 Å². The van der Waals surface area contributed by atoms with Crippen LogP contribution in [0.5, 0.6) is 5.75 Å². The third kappa shape index (κ3) is 2.47. The minimum absolute atomic E-state index is 0.129. The number of hydrogen-bond acceptors (Lipinski definition) is 2. The van der Waals surface area contributed by atoms with Crippen LogP contribution in [-0.4, -0.2) is 19.7 Å². The summed E-state index contributed by atoms with van der Waals surface area (Å²) < 4.78 is 18.4. The summed E-state index contributed by atoms with van der Waals surface area (Å²) in [4.78, 5) is 0. The molecule has 1 fully saturated rings. The molecule has 2 rings (SSSR count). The smallest absolute Gasteiger partial charge is 0.173 e. The van der Waals surface area contributed by atoms with E-state index >= 15 is 0 Å². The van der Waals surface area contributed by atoms with Crippen LogP contribution in [0.4, 0.5) is 4.39 Å². The number of methoxy groups -OCH3 is 1. The summed E-state index contributed by atoms with van der Waals surface area (Å²) in [6.07, 6.45) is 3.16. The third-order valence-corrected chi connectivity index (χ3v) is 3.19. The van der Waals surface area contributed by atoms with Crippen molar-refractivity contribution in [2.45, 2.75) is 25.3 Å². The summed E-state index contributed by atoms with van der Waals surface area (Å²) in [5.41, 5.74) is 0.919. The van der Waals surface area contributed by atoms with Crippen molar-refractivity contribution in [1.29, 1.82) is 0 Å². The molecule has 0 spiro atoms. The molecule has 4 heteroatoms. The van der Waals surface area contributed by atoms with Crippen LogP contribution < -0.4 is 10.1 Å². The largest absolute Gasteiger partial charge is 0.492 e. The topological polar surface area (TPSA) is 21.3 Å². The van der Waals surface area contributed by atoms with E-state index in [4.69, 9.17) is 16.3 Å². The second-order valence-corrected chi connectivity index (χ2v) is 4.50. The van der Waals surface area contributed by atoms with Crippen LogP contribution in [-0.2, 0) is 6.42 Å². The number of hydrogen-bond donors (Lipinski definition) is 1. The van der Waals surface area contributed by atoms with Gasteiger partial charge in [0.25, 0.3) is 0 Å². The van der Waals surface area contributed by atoms with Gasteiger partial charge in [-0.25, -0.2) is 4.39 Å². The summed E-state index contributed by atoms with van der Waals surface area (Å²) in [5.74, 6) is -0.257. The van der Waals surface area contributed by atoms with Crippen LogP contribution in [0.3, 0.4) is 0 Å². The summed E-state index contributed by atoms with van der Waals surface area (Å²) >= 11 is 5.93. The summed E-state index contributed by atoms with van der Waals surface area (Å²) in [6.45, 7) is 1.05. The molecular formula is C12H15ClFNO. The van der Waals surface area contributed by atoms with E-state index in [2.05, 4.69) is 5.32 Å². The quantitative estimate of drug-likeness (QED) is 0.882. The number of benzene rings is 1. The third-order valence-electron chi connectivity index (χ3n) is 2.91. The number of ether oxygens (including phenoxy) is 1. The van der Waals surface area contributed by atoms with Gasteiger partial charge in [0.1, 0.15) is 0 Å². The molecule has 1 atom stereocenters. The van der Waals surface area contributed by atoms with Crippen LogP contribution in [0, 0.1) is 5.82 Å². The average molecular weight is 244 g/mol. The van der Waals surface area contributed by atoms with E-state index in [9.17, 15) is 4.39 Å². The molecule has 1 N–H and O–H groups in total. The van der Waals surface area contributed by atoms with Crippen LogP contribution in [0.2, 0.25) is 5.02 Å². The fraction of sp³-hybridized carbons (Fsp3) is 0.500. The first kappa shape index (κ1) is 11.7. The van der Waals surface area contributed by atoms with Crippen molar-refractivity contribution in [3.8, 4) is 5.75 Å². The van der Waals surface area contributed by atoms with Gasteiger partial charge in [-0.05, 0) is 43.5 Å². The van der Waals surface area contributed by atoms with E-state index in [-0.39, 0.29) is 11.6 Å². The zero-order valence-electron chi connectivity index (χ0n) is 9.22. The monoisotopic (exact) mass is 243 g/mol. The molecule has 0 radical (unpaired) electrons. The second kappa shape index (κ2) is 5.02. The van der Waals surface area contributed by atoms with Gasteiger partial charge >= 0.3 is 0 Å². The first-order chi connectivity index (χ1) is 7.70. The summed E-state index contributed by atoms with van der Waals surface area (Å²) in [7, 11) is 1.42. The van der Waals surface area contributed by atoms with Gasteiger partial charge in [0.2, 0.25) is 0 Å². The maximum absolute atomic E-state index is 13.6. The molecule has 1 heterocycles. The van der Waals surface area contributed by atoms with Crippen molar-refractivity contribution in [2.24, 2.45) is 0 Å². The predicted octanol–water partition coefficient (Wildman–Crippen LogP) is 2.78. The molecule has 1 aliphatic heterocycles. The molecule has 1 saturated heterocycles. The Hall–Kier alpha value is -0.800. The standard InChI is InChI=1S/C12H15ClFNO/c1-16-12-10(13)6-8(7-11(12)14)5-9-3-2-4-15-9/h6-7,9,15H,2-5H2,1H3. The Morgan fingerprint density at radius 1 is 1.56 bits per heavy atom. The molecule has 0 aromatic heterocycles. The molecule has 0 aliphatic carbocycles. The minimum atomic E-state index is -0.386. The molecule has 0 bridgehead atoms. The molecule has 1 aromatic carbocycles. The second-order valence-electron chi connectivity index (χ2n) is 4.09. The van der Waals surface area contributed by atoms with E-state index in [1.165, 1.54) is 19.6 Å². The average Bonchev–Trinajstić information content (AvgIpc) is 2.70. The Balaban J connectivity index is 2.15. The van der Waals surface area contributed by atoms with Crippen molar-refractivity contribution in [3.05, 3.63) is 28.5 Å². The Morgan fingerprint density at radius 3 is 2.94 bits per heavy atom.